The summed E-state index contributed by atoms with van der Waals surface area (Å²) in [6.45, 7) is 1.31. The lowest BCUT2D eigenvalue weighted by molar-refractivity contribution is 0.0655. The molecular weight excluding hydrogens is 498 g/mol. The second kappa shape index (κ2) is 8.71. The molecule has 3 aromatic carbocycles. The highest BCUT2D eigenvalue weighted by molar-refractivity contribution is 5.96. The van der Waals surface area contributed by atoms with Crippen molar-refractivity contribution in [3.8, 4) is 5.75 Å². The van der Waals surface area contributed by atoms with E-state index in [0.717, 1.165) is 24.8 Å². The molecule has 1 aliphatic heterocycles. The minimum atomic E-state index is -0.587. The molecule has 8 rings (SSSR count). The molecule has 6 nitrogen and oxygen atoms in total. The van der Waals surface area contributed by atoms with Gasteiger partial charge in [0.2, 0.25) is 5.43 Å². The average molecular weight is 528 g/mol. The first-order valence-electron chi connectivity index (χ1n) is 14.0. The molecule has 1 unspecified atom stereocenters. The van der Waals surface area contributed by atoms with Gasteiger partial charge in [-0.05, 0) is 58.6 Å². The third-order valence-electron chi connectivity index (χ3n) is 8.81. The Bertz CT molecular complexity index is 1750. The number of ether oxygens (including phenoxy) is 1. The van der Waals surface area contributed by atoms with E-state index in [0.29, 0.717) is 24.8 Å². The predicted molar refractivity (Wildman–Crippen MR) is 154 cm³/mol. The van der Waals surface area contributed by atoms with E-state index >= 15 is 0 Å². The first-order valence-corrected chi connectivity index (χ1v) is 14.0. The van der Waals surface area contributed by atoms with Crippen LogP contribution >= 0.6 is 0 Å². The fourth-order valence-electron chi connectivity index (χ4n) is 6.83. The highest BCUT2D eigenvalue weighted by atomic mass is 16.5. The summed E-state index contributed by atoms with van der Waals surface area (Å²) in [6, 6.07) is 28.4. The van der Waals surface area contributed by atoms with Crippen LogP contribution in [-0.2, 0) is 18.6 Å². The molecule has 0 N–H and O–H groups in total. The Hall–Kier alpha value is -4.58. The maximum atomic E-state index is 14.2. The normalized spacial score (nSPS) is 20.5. The summed E-state index contributed by atoms with van der Waals surface area (Å²) in [4.78, 5) is 29.4. The number of hydrogen-bond donors (Lipinski definition) is 0. The molecular formula is C34H29N3O3. The van der Waals surface area contributed by atoms with Gasteiger partial charge in [0.15, 0.2) is 11.4 Å². The first-order chi connectivity index (χ1) is 19.6. The first kappa shape index (κ1) is 23.3. The van der Waals surface area contributed by atoms with E-state index < -0.39 is 5.54 Å². The molecule has 4 aromatic rings. The van der Waals surface area contributed by atoms with E-state index in [1.165, 1.54) is 33.9 Å². The minimum absolute atomic E-state index is 0.112. The van der Waals surface area contributed by atoms with Gasteiger partial charge >= 0.3 is 0 Å². The van der Waals surface area contributed by atoms with Crippen molar-refractivity contribution in [1.29, 1.82) is 0 Å². The standard InChI is InChI=1S/C34H29N3O3/c38-30-16-17-36-31(32(30)40-21-24-8-2-1-3-9-24)33(39)35(20-23-14-15-23)22-37(36)34-27(18-25-10-4-6-12-28(25)34)19-26-11-5-7-13-29(26)34/h1-13,16-18,23H,14-15,19-22H2. The van der Waals surface area contributed by atoms with Crippen LogP contribution in [0.5, 0.6) is 5.75 Å². The topological polar surface area (TPSA) is 54.8 Å². The molecule has 2 heterocycles. The number of aromatic nitrogens is 1. The second-order valence-corrected chi connectivity index (χ2v) is 11.3. The predicted octanol–water partition coefficient (Wildman–Crippen LogP) is 5.09. The summed E-state index contributed by atoms with van der Waals surface area (Å²) in [5.41, 5.74) is 6.57. The van der Waals surface area contributed by atoms with Crippen LogP contribution in [0, 0.1) is 5.92 Å². The van der Waals surface area contributed by atoms with Crippen LogP contribution < -0.4 is 15.2 Å². The van der Waals surface area contributed by atoms with Crippen molar-refractivity contribution in [2.75, 3.05) is 18.2 Å². The van der Waals surface area contributed by atoms with Crippen molar-refractivity contribution in [1.82, 2.24) is 9.58 Å². The van der Waals surface area contributed by atoms with Gasteiger partial charge in [-0.25, -0.2) is 0 Å². The van der Waals surface area contributed by atoms with Crippen LogP contribution in [0.2, 0.25) is 0 Å². The number of hydrogen-bond acceptors (Lipinski definition) is 4. The van der Waals surface area contributed by atoms with Gasteiger partial charge in [-0.1, -0.05) is 84.9 Å². The molecule has 0 bridgehead atoms. The summed E-state index contributed by atoms with van der Waals surface area (Å²) < 4.78 is 8.11. The van der Waals surface area contributed by atoms with Crippen molar-refractivity contribution >= 4 is 12.0 Å². The summed E-state index contributed by atoms with van der Waals surface area (Å²) >= 11 is 0. The van der Waals surface area contributed by atoms with Crippen LogP contribution in [0.3, 0.4) is 0 Å². The van der Waals surface area contributed by atoms with Crippen molar-refractivity contribution < 1.29 is 9.53 Å². The lowest BCUT2D eigenvalue weighted by atomic mass is 9.83. The summed E-state index contributed by atoms with van der Waals surface area (Å²) in [5.74, 6) is 0.463. The molecule has 1 aromatic heterocycles. The van der Waals surface area contributed by atoms with Crippen molar-refractivity contribution in [3.63, 3.8) is 0 Å². The summed E-state index contributed by atoms with van der Waals surface area (Å²) in [6.07, 6.45) is 7.17. The van der Waals surface area contributed by atoms with Gasteiger partial charge in [-0.15, -0.1) is 0 Å². The van der Waals surface area contributed by atoms with Crippen LogP contribution in [0.15, 0.2) is 101 Å². The van der Waals surface area contributed by atoms with Crippen molar-refractivity contribution in [3.05, 3.63) is 140 Å². The number of carbonyl (C=O) groups excluding carboxylic acids is 1. The van der Waals surface area contributed by atoms with Crippen LogP contribution in [0.1, 0.15) is 51.1 Å². The Balaban J connectivity index is 1.34. The average Bonchev–Trinajstić information content (AvgIpc) is 3.66. The lowest BCUT2D eigenvalue weighted by Crippen LogP contribution is -2.62. The molecule has 1 atom stereocenters. The van der Waals surface area contributed by atoms with E-state index in [1.54, 1.807) is 6.20 Å². The van der Waals surface area contributed by atoms with E-state index in [9.17, 15) is 9.59 Å². The molecule has 1 amide bonds. The van der Waals surface area contributed by atoms with Crippen LogP contribution in [0.25, 0.3) is 6.08 Å². The van der Waals surface area contributed by atoms with Gasteiger partial charge in [-0.3, -0.25) is 19.3 Å². The van der Waals surface area contributed by atoms with E-state index in [1.807, 2.05) is 39.9 Å². The van der Waals surface area contributed by atoms with Crippen LogP contribution in [0.4, 0.5) is 0 Å². The number of pyridine rings is 1. The molecule has 1 saturated carbocycles. The fraction of sp³-hybridized carbons (Fsp3) is 0.235. The van der Waals surface area contributed by atoms with Crippen molar-refractivity contribution in [2.24, 2.45) is 5.92 Å². The Morgan fingerprint density at radius 2 is 1.60 bits per heavy atom. The number of benzene rings is 3. The zero-order chi connectivity index (χ0) is 26.8. The molecule has 0 saturated heterocycles. The van der Waals surface area contributed by atoms with Gasteiger partial charge in [0, 0.05) is 18.8 Å². The quantitative estimate of drug-likeness (QED) is 0.351. The number of fused-ring (bicyclic) bond motifs is 6. The zero-order valence-corrected chi connectivity index (χ0v) is 22.1. The molecule has 198 valence electrons. The fourth-order valence-corrected chi connectivity index (χ4v) is 6.83. The molecule has 6 heteroatoms. The Kier molecular flexibility index (Phi) is 5.08. The monoisotopic (exact) mass is 527 g/mol. The second-order valence-electron chi connectivity index (χ2n) is 11.3. The van der Waals surface area contributed by atoms with Crippen molar-refractivity contribution in [2.45, 2.75) is 31.4 Å². The minimum Gasteiger partial charge on any atom is -0.482 e. The number of amides is 1. The molecule has 0 radical (unpaired) electrons. The lowest BCUT2D eigenvalue weighted by Gasteiger charge is -2.49. The number of rotatable bonds is 6. The molecule has 1 fully saturated rings. The SMILES string of the molecule is O=C1c2c(OCc3ccccc3)c(=O)ccn2N(C23C(=Cc4ccccc42)Cc2ccccc23)CN1CC1CC1. The number of nitrogens with zero attached hydrogens (tertiary/aromatic N) is 3. The van der Waals surface area contributed by atoms with E-state index in [2.05, 4.69) is 59.6 Å². The summed E-state index contributed by atoms with van der Waals surface area (Å²) in [7, 11) is 0. The molecule has 3 aliphatic carbocycles. The van der Waals surface area contributed by atoms with E-state index in [-0.39, 0.29) is 23.7 Å². The highest BCUT2D eigenvalue weighted by Crippen LogP contribution is 2.55. The van der Waals surface area contributed by atoms with Gasteiger partial charge in [0.05, 0.1) is 0 Å². The largest absolute Gasteiger partial charge is 0.482 e. The zero-order valence-electron chi connectivity index (χ0n) is 22.1. The molecule has 4 aliphatic rings. The Morgan fingerprint density at radius 1 is 0.850 bits per heavy atom. The molecule has 0 spiro atoms. The molecule has 40 heavy (non-hydrogen) atoms. The third-order valence-corrected chi connectivity index (χ3v) is 8.81. The van der Waals surface area contributed by atoms with E-state index in [4.69, 9.17) is 4.74 Å². The third kappa shape index (κ3) is 3.35. The number of carbonyl (C=O) groups is 1. The summed E-state index contributed by atoms with van der Waals surface area (Å²) in [5, 5.41) is 2.30. The maximum absolute atomic E-state index is 14.2. The van der Waals surface area contributed by atoms with Gasteiger partial charge in [-0.2, -0.15) is 0 Å². The van der Waals surface area contributed by atoms with Gasteiger partial charge < -0.3 is 9.64 Å². The van der Waals surface area contributed by atoms with Gasteiger partial charge in [0.25, 0.3) is 5.91 Å². The Morgan fingerprint density at radius 3 is 2.42 bits per heavy atom. The maximum Gasteiger partial charge on any atom is 0.277 e. The highest BCUT2D eigenvalue weighted by Gasteiger charge is 2.55. The van der Waals surface area contributed by atoms with Crippen LogP contribution in [-0.4, -0.2) is 28.7 Å². The Labute approximate surface area is 232 Å². The van der Waals surface area contributed by atoms with Gasteiger partial charge in [0.1, 0.15) is 18.8 Å². The smallest absolute Gasteiger partial charge is 0.277 e.